The summed E-state index contributed by atoms with van der Waals surface area (Å²) in [4.78, 5) is 10.4. The number of aromatic amines is 1. The Balaban J connectivity index is 1.28. The van der Waals surface area contributed by atoms with Crippen molar-refractivity contribution in [2.75, 3.05) is 39.4 Å². The molecule has 2 aromatic rings. The van der Waals surface area contributed by atoms with Gasteiger partial charge in [-0.05, 0) is 62.8 Å². The highest BCUT2D eigenvalue weighted by atomic mass is 19.1. The van der Waals surface area contributed by atoms with E-state index in [1.807, 2.05) is 6.20 Å². The van der Waals surface area contributed by atoms with Crippen LogP contribution < -0.4 is 5.32 Å². The number of likely N-dealkylation sites (tertiary alicyclic amines) is 1. The highest BCUT2D eigenvalue weighted by Gasteiger charge is 2.24. The fraction of sp³-hybridized carbons (Fsp3) is 0.609. The number of nitrogens with zero attached hydrogens (tertiary/aromatic N) is 2. The number of rotatable bonds is 7. The molecule has 2 aliphatic rings. The molecule has 0 aliphatic carbocycles. The van der Waals surface area contributed by atoms with Crippen LogP contribution >= 0.6 is 0 Å². The zero-order valence-electron chi connectivity index (χ0n) is 17.8. The Kier molecular flexibility index (Phi) is 7.23. The summed E-state index contributed by atoms with van der Waals surface area (Å²) in [5, 5.41) is 4.36. The fourth-order valence-corrected chi connectivity index (χ4v) is 4.32. The summed E-state index contributed by atoms with van der Waals surface area (Å²) in [6.45, 7) is 7.09. The number of H-pyrrole nitrogens is 1. The molecule has 1 atom stereocenters. The molecule has 7 heteroatoms. The molecule has 1 aromatic heterocycles. The second-order valence-corrected chi connectivity index (χ2v) is 8.14. The summed E-state index contributed by atoms with van der Waals surface area (Å²) in [7, 11) is 0. The second kappa shape index (κ2) is 10.3. The van der Waals surface area contributed by atoms with E-state index in [4.69, 9.17) is 14.5 Å². The molecule has 2 aliphatic heterocycles. The monoisotopic (exact) mass is 416 g/mol. The first-order chi connectivity index (χ1) is 14.7. The first-order valence-corrected chi connectivity index (χ1v) is 11.2. The smallest absolute Gasteiger partial charge is 0.193 e. The zero-order valence-corrected chi connectivity index (χ0v) is 17.8. The van der Waals surface area contributed by atoms with Crippen LogP contribution in [0.5, 0.6) is 0 Å². The Morgan fingerprint density at radius 1 is 1.33 bits per heavy atom. The van der Waals surface area contributed by atoms with Gasteiger partial charge in [0.05, 0.1) is 18.8 Å². The van der Waals surface area contributed by atoms with Crippen molar-refractivity contribution in [1.82, 2.24) is 15.2 Å². The molecule has 0 saturated carbocycles. The summed E-state index contributed by atoms with van der Waals surface area (Å²) in [5.41, 5.74) is 2.07. The number of aliphatic imine (C=N–C) groups is 1. The predicted octanol–water partition coefficient (Wildman–Crippen LogP) is 3.48. The minimum Gasteiger partial charge on any atom is -0.376 e. The second-order valence-electron chi connectivity index (χ2n) is 8.14. The van der Waals surface area contributed by atoms with Crippen molar-refractivity contribution < 1.29 is 13.9 Å². The first kappa shape index (κ1) is 21.1. The standard InChI is InChI=1S/C23H33FN4O2/c1-2-25-23(26-10-7-17-15-27-22-6-5-18(24)14-21(17)22)28-11-8-19(9-12-28)30-16-20-4-3-13-29-20/h5-6,14-15,19-20,27H,2-4,7-13,16H2,1H3,(H,25,26). The lowest BCUT2D eigenvalue weighted by Crippen LogP contribution is -2.47. The Hall–Kier alpha value is -2.12. The number of hydrogen-bond acceptors (Lipinski definition) is 3. The van der Waals surface area contributed by atoms with Crippen LogP contribution in [0, 0.1) is 5.82 Å². The van der Waals surface area contributed by atoms with Gasteiger partial charge in [0.15, 0.2) is 5.96 Å². The molecule has 0 bridgehead atoms. The fourth-order valence-electron chi connectivity index (χ4n) is 4.32. The molecule has 30 heavy (non-hydrogen) atoms. The van der Waals surface area contributed by atoms with Crippen molar-refractivity contribution >= 4 is 16.9 Å². The van der Waals surface area contributed by atoms with Crippen molar-refractivity contribution in [2.24, 2.45) is 4.99 Å². The number of fused-ring (bicyclic) bond motifs is 1. The Morgan fingerprint density at radius 3 is 2.97 bits per heavy atom. The first-order valence-electron chi connectivity index (χ1n) is 11.2. The molecular formula is C23H33FN4O2. The number of ether oxygens (including phenoxy) is 2. The van der Waals surface area contributed by atoms with Crippen LogP contribution in [0.25, 0.3) is 10.9 Å². The number of benzene rings is 1. The third-order valence-corrected chi connectivity index (χ3v) is 5.99. The summed E-state index contributed by atoms with van der Waals surface area (Å²) in [6, 6.07) is 4.86. The molecule has 0 amide bonds. The van der Waals surface area contributed by atoms with Crippen LogP contribution in [0.1, 0.15) is 38.2 Å². The molecule has 0 radical (unpaired) electrons. The minimum absolute atomic E-state index is 0.204. The molecule has 1 unspecified atom stereocenters. The molecule has 164 valence electrons. The van der Waals surface area contributed by atoms with Gasteiger partial charge in [0.1, 0.15) is 5.82 Å². The van der Waals surface area contributed by atoms with Crippen molar-refractivity contribution in [3.05, 3.63) is 35.8 Å². The van der Waals surface area contributed by atoms with Gasteiger partial charge in [-0.25, -0.2) is 4.39 Å². The van der Waals surface area contributed by atoms with Crippen molar-refractivity contribution in [3.8, 4) is 0 Å². The summed E-state index contributed by atoms with van der Waals surface area (Å²) >= 11 is 0. The van der Waals surface area contributed by atoms with Crippen LogP contribution in [0.2, 0.25) is 0 Å². The molecule has 6 nitrogen and oxygen atoms in total. The average molecular weight is 417 g/mol. The normalized spacial score (nSPS) is 20.9. The number of aromatic nitrogens is 1. The van der Waals surface area contributed by atoms with Gasteiger partial charge in [-0.2, -0.15) is 0 Å². The maximum atomic E-state index is 13.6. The van der Waals surface area contributed by atoms with E-state index in [9.17, 15) is 4.39 Å². The van der Waals surface area contributed by atoms with E-state index in [-0.39, 0.29) is 5.82 Å². The van der Waals surface area contributed by atoms with Gasteiger partial charge < -0.3 is 24.7 Å². The molecule has 0 spiro atoms. The van der Waals surface area contributed by atoms with E-state index < -0.39 is 0 Å². The zero-order chi connectivity index (χ0) is 20.8. The number of hydrogen-bond donors (Lipinski definition) is 2. The summed E-state index contributed by atoms with van der Waals surface area (Å²) in [5.74, 6) is 0.755. The summed E-state index contributed by atoms with van der Waals surface area (Å²) in [6.07, 6.45) is 7.65. The molecule has 2 saturated heterocycles. The summed E-state index contributed by atoms with van der Waals surface area (Å²) < 4.78 is 25.3. The van der Waals surface area contributed by atoms with E-state index in [0.717, 1.165) is 87.4 Å². The highest BCUT2D eigenvalue weighted by molar-refractivity contribution is 5.83. The van der Waals surface area contributed by atoms with E-state index in [0.29, 0.717) is 18.8 Å². The number of halogens is 1. The van der Waals surface area contributed by atoms with Crippen molar-refractivity contribution in [2.45, 2.75) is 51.2 Å². The van der Waals surface area contributed by atoms with Crippen LogP contribution in [0.3, 0.4) is 0 Å². The van der Waals surface area contributed by atoms with E-state index in [1.54, 1.807) is 12.1 Å². The molecule has 2 fully saturated rings. The predicted molar refractivity (Wildman–Crippen MR) is 117 cm³/mol. The van der Waals surface area contributed by atoms with Gasteiger partial charge in [0, 0.05) is 49.9 Å². The lowest BCUT2D eigenvalue weighted by Gasteiger charge is -2.34. The average Bonchev–Trinajstić information content (AvgIpc) is 3.42. The van der Waals surface area contributed by atoms with Gasteiger partial charge in [-0.3, -0.25) is 4.99 Å². The van der Waals surface area contributed by atoms with Gasteiger partial charge in [-0.15, -0.1) is 0 Å². The van der Waals surface area contributed by atoms with Crippen LogP contribution in [-0.2, 0) is 15.9 Å². The Labute approximate surface area is 177 Å². The SMILES string of the molecule is CCNC(=NCCc1c[nH]c2ccc(F)cc12)N1CCC(OCC2CCCO2)CC1. The molecular weight excluding hydrogens is 383 g/mol. The number of piperidine rings is 1. The minimum atomic E-state index is -0.204. The quantitative estimate of drug-likeness (QED) is 0.536. The maximum absolute atomic E-state index is 13.6. The third-order valence-electron chi connectivity index (χ3n) is 5.99. The van der Waals surface area contributed by atoms with Gasteiger partial charge >= 0.3 is 0 Å². The number of guanidine groups is 1. The molecule has 2 N–H and O–H groups in total. The van der Waals surface area contributed by atoms with E-state index >= 15 is 0 Å². The van der Waals surface area contributed by atoms with E-state index in [1.165, 1.54) is 6.07 Å². The third kappa shape index (κ3) is 5.32. The Morgan fingerprint density at radius 2 is 2.20 bits per heavy atom. The largest absolute Gasteiger partial charge is 0.376 e. The van der Waals surface area contributed by atoms with Gasteiger partial charge in [-0.1, -0.05) is 0 Å². The molecule has 4 rings (SSSR count). The number of nitrogens with one attached hydrogen (secondary N) is 2. The maximum Gasteiger partial charge on any atom is 0.193 e. The lowest BCUT2D eigenvalue weighted by atomic mass is 10.1. The van der Waals surface area contributed by atoms with E-state index in [2.05, 4.69) is 22.1 Å². The molecule has 1 aromatic carbocycles. The highest BCUT2D eigenvalue weighted by Crippen LogP contribution is 2.20. The van der Waals surface area contributed by atoms with Crippen molar-refractivity contribution in [1.29, 1.82) is 0 Å². The van der Waals surface area contributed by atoms with Gasteiger partial charge in [0.25, 0.3) is 0 Å². The van der Waals surface area contributed by atoms with Crippen LogP contribution in [0.15, 0.2) is 29.4 Å². The molecule has 3 heterocycles. The van der Waals surface area contributed by atoms with Gasteiger partial charge in [0.2, 0.25) is 0 Å². The van der Waals surface area contributed by atoms with Crippen LogP contribution in [-0.4, -0.2) is 67.4 Å². The van der Waals surface area contributed by atoms with Crippen LogP contribution in [0.4, 0.5) is 4.39 Å². The lowest BCUT2D eigenvalue weighted by molar-refractivity contribution is -0.0367. The topological polar surface area (TPSA) is 61.9 Å². The van der Waals surface area contributed by atoms with Crippen molar-refractivity contribution in [3.63, 3.8) is 0 Å². The Bertz CT molecular complexity index is 839.